The van der Waals surface area contributed by atoms with E-state index in [2.05, 4.69) is 6.08 Å². The Balaban J connectivity index is 1.66. The van der Waals surface area contributed by atoms with Crippen LogP contribution in [0.15, 0.2) is 48.6 Å². The number of hydrogen-bond donors (Lipinski definition) is 0. The molecule has 0 N–H and O–H groups in total. The number of alkyl halides is 2. The zero-order valence-corrected chi connectivity index (χ0v) is 15.2. The zero-order valence-electron chi connectivity index (χ0n) is 15.2. The van der Waals surface area contributed by atoms with Crippen molar-refractivity contribution >= 4 is 0 Å². The van der Waals surface area contributed by atoms with Crippen molar-refractivity contribution in [1.82, 2.24) is 0 Å². The van der Waals surface area contributed by atoms with Crippen LogP contribution in [0.2, 0.25) is 0 Å². The molecule has 0 nitrogen and oxygen atoms in total. The van der Waals surface area contributed by atoms with Gasteiger partial charge in [0.25, 0.3) is 0 Å². The quantitative estimate of drug-likeness (QED) is 0.367. The lowest BCUT2D eigenvalue weighted by Crippen LogP contribution is -2.11. The summed E-state index contributed by atoms with van der Waals surface area (Å²) >= 11 is 0. The van der Waals surface area contributed by atoms with Gasteiger partial charge in [0.05, 0.1) is 12.2 Å². The molecule has 0 amide bonds. The number of halogens is 4. The smallest absolute Gasteiger partial charge is 0.132 e. The molecule has 0 saturated heterocycles. The van der Waals surface area contributed by atoms with E-state index in [1.165, 1.54) is 17.7 Å². The number of hydrogen-bond acceptors (Lipinski definition) is 0. The fourth-order valence-electron chi connectivity index (χ4n) is 3.84. The molecule has 0 aliphatic heterocycles. The number of allylic oxidation sites excluding steroid dienone is 2. The number of benzene rings is 2. The van der Waals surface area contributed by atoms with E-state index in [9.17, 15) is 17.6 Å². The van der Waals surface area contributed by atoms with E-state index in [4.69, 9.17) is 0 Å². The van der Waals surface area contributed by atoms with Crippen molar-refractivity contribution in [3.05, 3.63) is 71.3 Å². The van der Waals surface area contributed by atoms with E-state index < -0.39 is 23.9 Å². The van der Waals surface area contributed by atoms with Gasteiger partial charge in [-0.1, -0.05) is 36.4 Å². The minimum atomic E-state index is -1.15. The van der Waals surface area contributed by atoms with E-state index in [0.717, 1.165) is 25.7 Å². The minimum Gasteiger partial charge on any atom is -0.251 e. The topological polar surface area (TPSA) is 0 Å². The standard InChI is InChI=1S/C23H24F4/c24-12-2-1-3-16-4-6-17(7-5-16)18-8-10-19(11-9-18)20-13-22(26)21(15-25)23(27)14-20/h1,3,8-11,13-14,16-17H,2,4-7,12,15H2. The lowest BCUT2D eigenvalue weighted by molar-refractivity contribution is 0.375. The molecule has 3 rings (SSSR count). The van der Waals surface area contributed by atoms with Gasteiger partial charge in [-0.05, 0) is 72.8 Å². The van der Waals surface area contributed by atoms with Crippen molar-refractivity contribution in [2.24, 2.45) is 5.92 Å². The first-order valence-corrected chi connectivity index (χ1v) is 9.49. The summed E-state index contributed by atoms with van der Waals surface area (Å²) in [6.45, 7) is -1.45. The summed E-state index contributed by atoms with van der Waals surface area (Å²) in [6, 6.07) is 10.1. The molecule has 4 heteroatoms. The molecule has 1 aliphatic carbocycles. The van der Waals surface area contributed by atoms with Crippen LogP contribution in [0.3, 0.4) is 0 Å². The summed E-state index contributed by atoms with van der Waals surface area (Å²) in [4.78, 5) is 0. The van der Waals surface area contributed by atoms with Crippen molar-refractivity contribution in [2.45, 2.75) is 44.7 Å². The fraction of sp³-hybridized carbons (Fsp3) is 0.391. The van der Waals surface area contributed by atoms with E-state index >= 15 is 0 Å². The Kier molecular flexibility index (Phi) is 6.70. The van der Waals surface area contributed by atoms with E-state index in [1.54, 1.807) is 0 Å². The SMILES string of the molecule is FCCC=CC1CCC(c2ccc(-c3cc(F)c(CF)c(F)c3)cc2)CC1. The maximum atomic E-state index is 13.8. The lowest BCUT2D eigenvalue weighted by Gasteiger charge is -2.27. The van der Waals surface area contributed by atoms with Crippen LogP contribution < -0.4 is 0 Å². The Morgan fingerprint density at radius 3 is 2.04 bits per heavy atom. The molecule has 0 heterocycles. The number of rotatable bonds is 6. The predicted octanol–water partition coefficient (Wildman–Crippen LogP) is 7.29. The average molecular weight is 376 g/mol. The summed E-state index contributed by atoms with van der Waals surface area (Å²) in [6.07, 6.45) is 8.92. The van der Waals surface area contributed by atoms with E-state index in [0.29, 0.717) is 29.4 Å². The van der Waals surface area contributed by atoms with Gasteiger partial charge in [0, 0.05) is 0 Å². The normalized spacial score (nSPS) is 20.3. The summed E-state index contributed by atoms with van der Waals surface area (Å²) in [5, 5.41) is 0. The third kappa shape index (κ3) is 4.79. The second-order valence-corrected chi connectivity index (χ2v) is 7.19. The third-order valence-electron chi connectivity index (χ3n) is 5.45. The lowest BCUT2D eigenvalue weighted by atomic mass is 9.78. The van der Waals surface area contributed by atoms with E-state index in [-0.39, 0.29) is 6.67 Å². The Morgan fingerprint density at radius 1 is 0.852 bits per heavy atom. The molecule has 1 fully saturated rings. The molecule has 2 aromatic rings. The highest BCUT2D eigenvalue weighted by molar-refractivity contribution is 5.64. The molecule has 2 aromatic carbocycles. The van der Waals surface area contributed by atoms with Crippen molar-refractivity contribution in [3.63, 3.8) is 0 Å². The van der Waals surface area contributed by atoms with Gasteiger partial charge in [0.2, 0.25) is 0 Å². The second-order valence-electron chi connectivity index (χ2n) is 7.19. The molecular formula is C23H24F4. The minimum absolute atomic E-state index is 0.303. The van der Waals surface area contributed by atoms with E-state index in [1.807, 2.05) is 30.3 Å². The summed E-state index contributed by atoms with van der Waals surface area (Å²) < 4.78 is 52.4. The van der Waals surface area contributed by atoms with Gasteiger partial charge in [-0.2, -0.15) is 0 Å². The maximum absolute atomic E-state index is 13.8. The highest BCUT2D eigenvalue weighted by Crippen LogP contribution is 2.37. The van der Waals surface area contributed by atoms with Crippen LogP contribution in [-0.2, 0) is 6.67 Å². The first-order valence-electron chi connectivity index (χ1n) is 9.49. The molecular weight excluding hydrogens is 352 g/mol. The molecule has 0 atom stereocenters. The fourth-order valence-corrected chi connectivity index (χ4v) is 3.84. The Hall–Kier alpha value is -2.10. The maximum Gasteiger partial charge on any atom is 0.132 e. The Bertz CT molecular complexity index is 748. The molecule has 0 unspecified atom stereocenters. The average Bonchev–Trinajstić information content (AvgIpc) is 2.69. The highest BCUT2D eigenvalue weighted by Gasteiger charge is 2.21. The van der Waals surface area contributed by atoms with Crippen LogP contribution in [0.25, 0.3) is 11.1 Å². The molecule has 0 spiro atoms. The summed E-state index contributed by atoms with van der Waals surface area (Å²) in [7, 11) is 0. The molecule has 1 aliphatic rings. The third-order valence-corrected chi connectivity index (χ3v) is 5.45. The highest BCUT2D eigenvalue weighted by atomic mass is 19.1. The first-order chi connectivity index (χ1) is 13.1. The van der Waals surface area contributed by atoms with Crippen LogP contribution in [0.4, 0.5) is 17.6 Å². The van der Waals surface area contributed by atoms with Crippen LogP contribution in [-0.4, -0.2) is 6.67 Å². The first kappa shape index (κ1) is 19.7. The Labute approximate surface area is 157 Å². The van der Waals surface area contributed by atoms with Gasteiger partial charge in [-0.25, -0.2) is 13.2 Å². The predicted molar refractivity (Wildman–Crippen MR) is 101 cm³/mol. The molecule has 27 heavy (non-hydrogen) atoms. The van der Waals surface area contributed by atoms with Crippen molar-refractivity contribution in [1.29, 1.82) is 0 Å². The Morgan fingerprint density at radius 2 is 1.48 bits per heavy atom. The van der Waals surface area contributed by atoms with Crippen molar-refractivity contribution in [2.75, 3.05) is 6.67 Å². The van der Waals surface area contributed by atoms with Crippen LogP contribution in [0.5, 0.6) is 0 Å². The monoisotopic (exact) mass is 376 g/mol. The van der Waals surface area contributed by atoms with Crippen LogP contribution in [0, 0.1) is 17.6 Å². The van der Waals surface area contributed by atoms with Crippen LogP contribution in [0.1, 0.15) is 49.1 Å². The second kappa shape index (κ2) is 9.20. The molecule has 144 valence electrons. The molecule has 1 saturated carbocycles. The van der Waals surface area contributed by atoms with Crippen LogP contribution >= 0.6 is 0 Å². The van der Waals surface area contributed by atoms with Gasteiger partial charge in [0.15, 0.2) is 0 Å². The van der Waals surface area contributed by atoms with Gasteiger partial charge in [0.1, 0.15) is 18.3 Å². The molecule has 0 radical (unpaired) electrons. The van der Waals surface area contributed by atoms with Gasteiger partial charge < -0.3 is 0 Å². The molecule has 0 aromatic heterocycles. The van der Waals surface area contributed by atoms with Gasteiger partial charge in [-0.3, -0.25) is 4.39 Å². The van der Waals surface area contributed by atoms with Gasteiger partial charge in [-0.15, -0.1) is 0 Å². The summed E-state index contributed by atoms with van der Waals surface area (Å²) in [5.41, 5.74) is 1.83. The largest absolute Gasteiger partial charge is 0.251 e. The zero-order chi connectivity index (χ0) is 19.2. The van der Waals surface area contributed by atoms with Crippen molar-refractivity contribution < 1.29 is 17.6 Å². The van der Waals surface area contributed by atoms with Crippen molar-refractivity contribution in [3.8, 4) is 11.1 Å². The van der Waals surface area contributed by atoms with Gasteiger partial charge >= 0.3 is 0 Å². The summed E-state index contributed by atoms with van der Waals surface area (Å²) in [5.74, 6) is -0.689. The molecule has 0 bridgehead atoms.